The summed E-state index contributed by atoms with van der Waals surface area (Å²) >= 11 is 0. The Morgan fingerprint density at radius 3 is 1.67 bits per heavy atom. The lowest BCUT2D eigenvalue weighted by molar-refractivity contribution is 0.102. The fourth-order valence-corrected chi connectivity index (χ4v) is 1.49. The molecule has 0 aromatic rings. The molecule has 0 spiro atoms. The Hall–Kier alpha value is -0.160. The molecule has 106 valence electrons. The highest BCUT2D eigenvalue weighted by atomic mass is 16.6. The lowest BCUT2D eigenvalue weighted by Gasteiger charge is -2.16. The highest BCUT2D eigenvalue weighted by molar-refractivity contribution is 4.73. The van der Waals surface area contributed by atoms with Gasteiger partial charge in [0.15, 0.2) is 0 Å². The monoisotopic (exact) mass is 258 g/mol. The van der Waals surface area contributed by atoms with E-state index in [0.717, 1.165) is 33.0 Å². The molecule has 3 saturated heterocycles. The number of ether oxygens (including phenoxy) is 4. The van der Waals surface area contributed by atoms with Crippen LogP contribution in [-0.2, 0) is 18.9 Å². The van der Waals surface area contributed by atoms with Gasteiger partial charge < -0.3 is 18.9 Å². The van der Waals surface area contributed by atoms with Crippen LogP contribution in [0.3, 0.4) is 0 Å². The van der Waals surface area contributed by atoms with E-state index in [1.807, 2.05) is 0 Å². The van der Waals surface area contributed by atoms with Gasteiger partial charge in [0.2, 0.25) is 0 Å². The van der Waals surface area contributed by atoms with Crippen LogP contribution >= 0.6 is 0 Å². The van der Waals surface area contributed by atoms with Crippen molar-refractivity contribution < 1.29 is 18.9 Å². The second-order valence-electron chi connectivity index (χ2n) is 6.50. The Labute approximate surface area is 110 Å². The van der Waals surface area contributed by atoms with E-state index >= 15 is 0 Å². The van der Waals surface area contributed by atoms with Crippen molar-refractivity contribution >= 4 is 0 Å². The molecule has 3 rings (SSSR count). The van der Waals surface area contributed by atoms with Gasteiger partial charge in [-0.3, -0.25) is 0 Å². The SMILES string of the molecule is C(OCC1CO1)C1CO1.CC(C)(C)CCC1CO1. The molecule has 0 radical (unpaired) electrons. The van der Waals surface area contributed by atoms with Crippen molar-refractivity contribution in [3.05, 3.63) is 0 Å². The second kappa shape index (κ2) is 6.33. The maximum atomic E-state index is 5.23. The minimum atomic E-state index is 0.392. The lowest BCUT2D eigenvalue weighted by atomic mass is 9.90. The van der Waals surface area contributed by atoms with Crippen molar-refractivity contribution in [3.63, 3.8) is 0 Å². The van der Waals surface area contributed by atoms with Gasteiger partial charge in [-0.05, 0) is 18.3 Å². The van der Waals surface area contributed by atoms with Crippen molar-refractivity contribution in [1.29, 1.82) is 0 Å². The highest BCUT2D eigenvalue weighted by Crippen LogP contribution is 2.26. The molecule has 0 saturated carbocycles. The molecule has 0 amide bonds. The highest BCUT2D eigenvalue weighted by Gasteiger charge is 2.26. The molecule has 3 aliphatic heterocycles. The smallest absolute Gasteiger partial charge is 0.104 e. The van der Waals surface area contributed by atoms with Crippen molar-refractivity contribution in [1.82, 2.24) is 0 Å². The largest absolute Gasteiger partial charge is 0.376 e. The summed E-state index contributed by atoms with van der Waals surface area (Å²) in [6.07, 6.45) is 3.94. The van der Waals surface area contributed by atoms with Crippen LogP contribution in [0.1, 0.15) is 33.6 Å². The first-order valence-electron chi connectivity index (χ1n) is 6.95. The molecule has 3 heterocycles. The van der Waals surface area contributed by atoms with E-state index in [2.05, 4.69) is 20.8 Å². The molecule has 4 heteroatoms. The third-order valence-corrected chi connectivity index (χ3v) is 3.03. The normalized spacial score (nSPS) is 32.5. The van der Waals surface area contributed by atoms with E-state index in [9.17, 15) is 0 Å². The molecule has 3 fully saturated rings. The first-order valence-corrected chi connectivity index (χ1v) is 6.95. The predicted octanol–water partition coefficient (Wildman–Crippen LogP) is 2.01. The van der Waals surface area contributed by atoms with Crippen molar-refractivity contribution in [3.8, 4) is 0 Å². The summed E-state index contributed by atoms with van der Waals surface area (Å²) in [6.45, 7) is 11.1. The molecule has 3 aliphatic rings. The molecule has 0 aromatic carbocycles. The van der Waals surface area contributed by atoms with Crippen LogP contribution < -0.4 is 0 Å². The fourth-order valence-electron chi connectivity index (χ4n) is 1.49. The maximum absolute atomic E-state index is 5.23. The van der Waals surface area contributed by atoms with Crippen LogP contribution in [0, 0.1) is 5.41 Å². The van der Waals surface area contributed by atoms with Gasteiger partial charge in [0, 0.05) is 0 Å². The van der Waals surface area contributed by atoms with Crippen LogP contribution in [0.15, 0.2) is 0 Å². The summed E-state index contributed by atoms with van der Waals surface area (Å²) in [6, 6.07) is 0. The van der Waals surface area contributed by atoms with Crippen LogP contribution in [0.4, 0.5) is 0 Å². The average molecular weight is 258 g/mol. The molecule has 18 heavy (non-hydrogen) atoms. The van der Waals surface area contributed by atoms with E-state index < -0.39 is 0 Å². The lowest BCUT2D eigenvalue weighted by Crippen LogP contribution is -2.06. The molecular weight excluding hydrogens is 232 g/mol. The quantitative estimate of drug-likeness (QED) is 0.684. The predicted molar refractivity (Wildman–Crippen MR) is 68.7 cm³/mol. The summed E-state index contributed by atoms with van der Waals surface area (Å²) < 4.78 is 20.2. The van der Waals surface area contributed by atoms with Crippen LogP contribution in [0.25, 0.3) is 0 Å². The number of hydrogen-bond donors (Lipinski definition) is 0. The molecule has 0 N–H and O–H groups in total. The van der Waals surface area contributed by atoms with Crippen molar-refractivity contribution in [2.24, 2.45) is 5.41 Å². The van der Waals surface area contributed by atoms with Crippen LogP contribution in [-0.4, -0.2) is 51.3 Å². The molecule has 3 atom stereocenters. The zero-order chi connectivity index (χ0) is 13.0. The maximum Gasteiger partial charge on any atom is 0.104 e. The Morgan fingerprint density at radius 1 is 0.889 bits per heavy atom. The van der Waals surface area contributed by atoms with Gasteiger partial charge in [-0.15, -0.1) is 0 Å². The Bertz CT molecular complexity index is 225. The minimum absolute atomic E-state index is 0.392. The third kappa shape index (κ3) is 8.03. The Morgan fingerprint density at radius 2 is 1.33 bits per heavy atom. The Balaban J connectivity index is 0.000000134. The Kier molecular flexibility index (Phi) is 5.01. The van der Waals surface area contributed by atoms with Gasteiger partial charge in [0.25, 0.3) is 0 Å². The molecule has 0 aromatic heterocycles. The van der Waals surface area contributed by atoms with Gasteiger partial charge in [-0.2, -0.15) is 0 Å². The summed E-state index contributed by atoms with van der Waals surface area (Å²) in [5.41, 5.74) is 0.492. The third-order valence-electron chi connectivity index (χ3n) is 3.03. The number of hydrogen-bond acceptors (Lipinski definition) is 4. The van der Waals surface area contributed by atoms with Gasteiger partial charge in [-0.25, -0.2) is 0 Å². The first-order chi connectivity index (χ1) is 8.53. The van der Waals surface area contributed by atoms with E-state index in [1.54, 1.807) is 0 Å². The zero-order valence-electron chi connectivity index (χ0n) is 11.8. The van der Waals surface area contributed by atoms with E-state index in [-0.39, 0.29) is 0 Å². The first kappa shape index (κ1) is 14.3. The van der Waals surface area contributed by atoms with E-state index in [0.29, 0.717) is 23.7 Å². The van der Waals surface area contributed by atoms with Crippen molar-refractivity contribution in [2.45, 2.75) is 51.9 Å². The summed E-state index contributed by atoms with van der Waals surface area (Å²) in [7, 11) is 0. The number of epoxide rings is 3. The van der Waals surface area contributed by atoms with Crippen LogP contribution in [0.2, 0.25) is 0 Å². The molecule has 0 aliphatic carbocycles. The minimum Gasteiger partial charge on any atom is -0.376 e. The van der Waals surface area contributed by atoms with E-state index in [4.69, 9.17) is 18.9 Å². The molecule has 3 unspecified atom stereocenters. The van der Waals surface area contributed by atoms with Crippen molar-refractivity contribution in [2.75, 3.05) is 33.0 Å². The molecular formula is C14H26O4. The summed E-state index contributed by atoms with van der Waals surface area (Å²) in [4.78, 5) is 0. The zero-order valence-corrected chi connectivity index (χ0v) is 11.8. The van der Waals surface area contributed by atoms with Gasteiger partial charge >= 0.3 is 0 Å². The topological polar surface area (TPSA) is 46.8 Å². The van der Waals surface area contributed by atoms with Gasteiger partial charge in [0.1, 0.15) is 12.2 Å². The van der Waals surface area contributed by atoms with Gasteiger partial charge in [0.05, 0.1) is 39.1 Å². The summed E-state index contributed by atoms with van der Waals surface area (Å²) in [5, 5.41) is 0. The second-order valence-corrected chi connectivity index (χ2v) is 6.50. The number of rotatable bonds is 6. The van der Waals surface area contributed by atoms with Gasteiger partial charge in [-0.1, -0.05) is 20.8 Å². The molecule has 0 bridgehead atoms. The molecule has 4 nitrogen and oxygen atoms in total. The standard InChI is InChI=1S/C8H16O.C6H10O3/c1-8(2,3)5-4-7-6-9-7;1(5-3-8-5)7-2-6-4-9-6/h7H,4-6H2,1-3H3;5-6H,1-4H2. The van der Waals surface area contributed by atoms with E-state index in [1.165, 1.54) is 12.8 Å². The summed E-state index contributed by atoms with van der Waals surface area (Å²) in [5.74, 6) is 0. The van der Waals surface area contributed by atoms with Crippen LogP contribution in [0.5, 0.6) is 0 Å². The fraction of sp³-hybridized carbons (Fsp3) is 1.00. The average Bonchev–Trinajstić information content (AvgIpc) is 3.12.